The third-order valence-corrected chi connectivity index (χ3v) is 1.77. The Morgan fingerprint density at radius 2 is 2.23 bits per heavy atom. The summed E-state index contributed by atoms with van der Waals surface area (Å²) in [6.07, 6.45) is 0.681. The number of nitrogens with two attached hydrogens (primary N) is 1. The lowest BCUT2D eigenvalue weighted by molar-refractivity contribution is 0.386. The quantitative estimate of drug-likeness (QED) is 0.774. The van der Waals surface area contributed by atoms with E-state index < -0.39 is 0 Å². The summed E-state index contributed by atoms with van der Waals surface area (Å²) in [7, 11) is 1.45. The van der Waals surface area contributed by atoms with Crippen LogP contribution in [0, 0.1) is 5.82 Å². The topological polar surface area (TPSA) is 35.2 Å². The Kier molecular flexibility index (Phi) is 3.25. The Morgan fingerprint density at radius 3 is 2.69 bits per heavy atom. The molecule has 2 N–H and O–H groups in total. The van der Waals surface area contributed by atoms with Crippen molar-refractivity contribution in [3.63, 3.8) is 0 Å². The lowest BCUT2D eigenvalue weighted by Gasteiger charge is -2.07. The van der Waals surface area contributed by atoms with Crippen LogP contribution in [0.25, 0.3) is 0 Å². The standard InChI is InChI=1S/C10H14FNO/c1-7(12)5-8-3-4-10(13-2)9(11)6-8/h3-4,6-7H,5,12H2,1-2H3/t7-/m1/s1. The Morgan fingerprint density at radius 1 is 1.54 bits per heavy atom. The van der Waals surface area contributed by atoms with Gasteiger partial charge >= 0.3 is 0 Å². The molecule has 0 aromatic heterocycles. The smallest absolute Gasteiger partial charge is 0.165 e. The van der Waals surface area contributed by atoms with Crippen LogP contribution in [0.2, 0.25) is 0 Å². The molecule has 1 rings (SSSR count). The Balaban J connectivity index is 2.83. The zero-order valence-corrected chi connectivity index (χ0v) is 7.88. The van der Waals surface area contributed by atoms with E-state index in [1.165, 1.54) is 13.2 Å². The van der Waals surface area contributed by atoms with Gasteiger partial charge in [-0.3, -0.25) is 0 Å². The van der Waals surface area contributed by atoms with Gasteiger partial charge in [0.2, 0.25) is 0 Å². The summed E-state index contributed by atoms with van der Waals surface area (Å²) in [5.74, 6) is -0.0610. The van der Waals surface area contributed by atoms with E-state index in [9.17, 15) is 4.39 Å². The largest absolute Gasteiger partial charge is 0.494 e. The number of ether oxygens (including phenoxy) is 1. The van der Waals surface area contributed by atoms with E-state index in [0.717, 1.165) is 5.56 Å². The van der Waals surface area contributed by atoms with Gasteiger partial charge in [0.15, 0.2) is 11.6 Å². The van der Waals surface area contributed by atoms with Gasteiger partial charge in [0.1, 0.15) is 0 Å². The second kappa shape index (κ2) is 4.23. The predicted octanol–water partition coefficient (Wildman–Crippen LogP) is 1.72. The van der Waals surface area contributed by atoms with Gasteiger partial charge in [-0.1, -0.05) is 6.07 Å². The van der Waals surface area contributed by atoms with Gasteiger partial charge in [0.05, 0.1) is 7.11 Å². The minimum Gasteiger partial charge on any atom is -0.494 e. The maximum Gasteiger partial charge on any atom is 0.165 e. The maximum absolute atomic E-state index is 13.1. The molecular formula is C10H14FNO. The highest BCUT2D eigenvalue weighted by atomic mass is 19.1. The van der Waals surface area contributed by atoms with E-state index in [1.807, 2.05) is 13.0 Å². The van der Waals surface area contributed by atoms with E-state index in [0.29, 0.717) is 6.42 Å². The molecule has 0 aliphatic carbocycles. The monoisotopic (exact) mass is 183 g/mol. The number of hydrogen-bond donors (Lipinski definition) is 1. The average molecular weight is 183 g/mol. The average Bonchev–Trinajstić information content (AvgIpc) is 2.03. The van der Waals surface area contributed by atoms with Gasteiger partial charge in [-0.05, 0) is 31.0 Å². The third kappa shape index (κ3) is 2.70. The molecule has 1 aromatic carbocycles. The second-order valence-corrected chi connectivity index (χ2v) is 3.15. The molecular weight excluding hydrogens is 169 g/mol. The van der Waals surface area contributed by atoms with E-state index in [1.54, 1.807) is 6.07 Å². The predicted molar refractivity (Wildman–Crippen MR) is 50.3 cm³/mol. The maximum atomic E-state index is 13.1. The van der Waals surface area contributed by atoms with Crippen molar-refractivity contribution in [1.82, 2.24) is 0 Å². The van der Waals surface area contributed by atoms with E-state index in [2.05, 4.69) is 0 Å². The summed E-state index contributed by atoms with van der Waals surface area (Å²) in [5.41, 5.74) is 6.49. The fraction of sp³-hybridized carbons (Fsp3) is 0.400. The van der Waals surface area contributed by atoms with Crippen LogP contribution in [-0.2, 0) is 6.42 Å². The molecule has 0 radical (unpaired) electrons. The molecule has 0 fully saturated rings. The first-order chi connectivity index (χ1) is 6.13. The van der Waals surface area contributed by atoms with E-state index in [4.69, 9.17) is 10.5 Å². The molecule has 72 valence electrons. The van der Waals surface area contributed by atoms with Gasteiger partial charge in [0, 0.05) is 6.04 Å². The van der Waals surface area contributed by atoms with Crippen molar-refractivity contribution in [2.45, 2.75) is 19.4 Å². The highest BCUT2D eigenvalue weighted by Crippen LogP contribution is 2.18. The molecule has 3 heteroatoms. The van der Waals surface area contributed by atoms with Crippen molar-refractivity contribution in [3.05, 3.63) is 29.6 Å². The van der Waals surface area contributed by atoms with Crippen LogP contribution in [0.3, 0.4) is 0 Å². The molecule has 1 aromatic rings. The highest BCUT2D eigenvalue weighted by molar-refractivity contribution is 5.29. The Hall–Kier alpha value is -1.09. The third-order valence-electron chi connectivity index (χ3n) is 1.77. The second-order valence-electron chi connectivity index (χ2n) is 3.15. The van der Waals surface area contributed by atoms with E-state index >= 15 is 0 Å². The number of rotatable bonds is 3. The van der Waals surface area contributed by atoms with Crippen molar-refractivity contribution < 1.29 is 9.13 Å². The minimum absolute atomic E-state index is 0.0489. The first-order valence-electron chi connectivity index (χ1n) is 4.21. The van der Waals surface area contributed by atoms with Crippen molar-refractivity contribution in [1.29, 1.82) is 0 Å². The van der Waals surface area contributed by atoms with E-state index in [-0.39, 0.29) is 17.6 Å². The van der Waals surface area contributed by atoms with Crippen LogP contribution >= 0.6 is 0 Å². The molecule has 0 aliphatic heterocycles. The first-order valence-corrected chi connectivity index (χ1v) is 4.21. The summed E-state index contributed by atoms with van der Waals surface area (Å²) in [5, 5.41) is 0. The van der Waals surface area contributed by atoms with Gasteiger partial charge in [-0.15, -0.1) is 0 Å². The summed E-state index contributed by atoms with van der Waals surface area (Å²) in [6, 6.07) is 4.95. The molecule has 0 saturated heterocycles. The molecule has 13 heavy (non-hydrogen) atoms. The summed E-state index contributed by atoms with van der Waals surface area (Å²) in [6.45, 7) is 1.89. The fourth-order valence-electron chi connectivity index (χ4n) is 1.21. The van der Waals surface area contributed by atoms with Crippen LogP contribution in [0.4, 0.5) is 4.39 Å². The van der Waals surface area contributed by atoms with Crippen LogP contribution in [-0.4, -0.2) is 13.2 Å². The molecule has 2 nitrogen and oxygen atoms in total. The zero-order chi connectivity index (χ0) is 9.84. The zero-order valence-electron chi connectivity index (χ0n) is 7.88. The molecule has 0 bridgehead atoms. The lowest BCUT2D eigenvalue weighted by Crippen LogP contribution is -2.17. The number of hydrogen-bond acceptors (Lipinski definition) is 2. The van der Waals surface area contributed by atoms with Crippen LogP contribution < -0.4 is 10.5 Å². The molecule has 0 heterocycles. The van der Waals surface area contributed by atoms with Crippen LogP contribution in [0.15, 0.2) is 18.2 Å². The van der Waals surface area contributed by atoms with Crippen molar-refractivity contribution in [2.24, 2.45) is 5.73 Å². The van der Waals surface area contributed by atoms with Gasteiger partial charge in [-0.2, -0.15) is 0 Å². The molecule has 0 spiro atoms. The summed E-state index contributed by atoms with van der Waals surface area (Å²) >= 11 is 0. The molecule has 0 amide bonds. The van der Waals surface area contributed by atoms with Crippen molar-refractivity contribution in [2.75, 3.05) is 7.11 Å². The Labute approximate surface area is 77.5 Å². The molecule has 1 atom stereocenters. The van der Waals surface area contributed by atoms with Crippen molar-refractivity contribution >= 4 is 0 Å². The normalized spacial score (nSPS) is 12.6. The van der Waals surface area contributed by atoms with Crippen LogP contribution in [0.1, 0.15) is 12.5 Å². The highest BCUT2D eigenvalue weighted by Gasteiger charge is 2.04. The first kappa shape index (κ1) is 9.99. The number of benzene rings is 1. The SMILES string of the molecule is COc1ccc(C[C@@H](C)N)cc1F. The fourth-order valence-corrected chi connectivity index (χ4v) is 1.21. The van der Waals surface area contributed by atoms with Gasteiger partial charge in [0.25, 0.3) is 0 Å². The van der Waals surface area contributed by atoms with Gasteiger partial charge < -0.3 is 10.5 Å². The minimum atomic E-state index is -0.333. The van der Waals surface area contributed by atoms with Crippen LogP contribution in [0.5, 0.6) is 5.75 Å². The number of halogens is 1. The molecule has 0 aliphatic rings. The lowest BCUT2D eigenvalue weighted by atomic mass is 10.1. The summed E-state index contributed by atoms with van der Waals surface area (Å²) < 4.78 is 17.9. The molecule has 0 saturated carbocycles. The number of methoxy groups -OCH3 is 1. The molecule has 0 unspecified atom stereocenters. The Bertz CT molecular complexity index is 286. The van der Waals surface area contributed by atoms with Gasteiger partial charge in [-0.25, -0.2) is 4.39 Å². The van der Waals surface area contributed by atoms with Crippen molar-refractivity contribution in [3.8, 4) is 5.75 Å². The summed E-state index contributed by atoms with van der Waals surface area (Å²) in [4.78, 5) is 0.